The van der Waals surface area contributed by atoms with Crippen molar-refractivity contribution in [2.24, 2.45) is 0 Å². The molecule has 446 valence electrons. The molecule has 0 aliphatic rings. The smallest absolute Gasteiger partial charge is 0.306 e. The van der Waals surface area contributed by atoms with E-state index in [0.29, 0.717) is 12.8 Å². The van der Waals surface area contributed by atoms with Crippen LogP contribution in [0.5, 0.6) is 0 Å². The van der Waals surface area contributed by atoms with Crippen LogP contribution in [0.3, 0.4) is 0 Å². The predicted octanol–water partition coefficient (Wildman–Crippen LogP) is 23.8. The highest BCUT2D eigenvalue weighted by Crippen LogP contribution is 2.19. The van der Waals surface area contributed by atoms with Gasteiger partial charge in [-0.2, -0.15) is 0 Å². The second kappa shape index (κ2) is 66.9. The second-order valence-electron chi connectivity index (χ2n) is 24.0. The number of rotatable bonds is 66. The summed E-state index contributed by atoms with van der Waals surface area (Å²) in [6.07, 6.45) is 85.5. The Balaban J connectivity index is 3.33. The van der Waals surface area contributed by atoms with Gasteiger partial charge in [0.15, 0.2) is 6.10 Å². The van der Waals surface area contributed by atoms with Gasteiger partial charge in [0, 0.05) is 12.8 Å². The van der Waals surface area contributed by atoms with Gasteiger partial charge in [-0.25, -0.2) is 0 Å². The molecule has 0 aromatic carbocycles. The monoisotopic (exact) mass is 1060 g/mol. The molecular weight excluding hydrogens is 921 g/mol. The van der Waals surface area contributed by atoms with E-state index in [4.69, 9.17) is 9.47 Å². The summed E-state index contributed by atoms with van der Waals surface area (Å²) < 4.78 is 10.7. The van der Waals surface area contributed by atoms with Crippen molar-refractivity contribution in [1.82, 2.24) is 0 Å². The molecule has 0 fully saturated rings. The summed E-state index contributed by atoms with van der Waals surface area (Å²) >= 11 is 0. The lowest BCUT2D eigenvalue weighted by Crippen LogP contribution is -2.28. The summed E-state index contributed by atoms with van der Waals surface area (Å²) in [5, 5.41) is 9.68. The maximum absolute atomic E-state index is 12.3. The second-order valence-corrected chi connectivity index (χ2v) is 24.0. The summed E-state index contributed by atoms with van der Waals surface area (Å²) in [4.78, 5) is 24.6. The minimum absolute atomic E-state index is 0.0563. The van der Waals surface area contributed by atoms with E-state index in [2.05, 4.69) is 26.0 Å². The lowest BCUT2D eigenvalue weighted by Gasteiger charge is -2.15. The van der Waals surface area contributed by atoms with E-state index in [1.54, 1.807) is 0 Å². The zero-order valence-corrected chi connectivity index (χ0v) is 51.4. The number of unbranched alkanes of at least 4 members (excludes halogenated alkanes) is 56. The molecule has 0 saturated carbocycles. The molecule has 5 heteroatoms. The summed E-state index contributed by atoms with van der Waals surface area (Å²) in [6, 6.07) is 0. The fraction of sp³-hybridized carbons (Fsp3) is 0.943. The first-order valence-corrected chi connectivity index (χ1v) is 34.7. The van der Waals surface area contributed by atoms with Crippen LogP contribution < -0.4 is 0 Å². The van der Waals surface area contributed by atoms with E-state index in [9.17, 15) is 14.7 Å². The van der Waals surface area contributed by atoms with Gasteiger partial charge in [0.05, 0.1) is 6.61 Å². The summed E-state index contributed by atoms with van der Waals surface area (Å²) in [5.41, 5.74) is 0. The Kier molecular flexibility index (Phi) is 65.7. The fourth-order valence-corrected chi connectivity index (χ4v) is 11.1. The van der Waals surface area contributed by atoms with Crippen LogP contribution in [0.4, 0.5) is 0 Å². The average Bonchev–Trinajstić information content (AvgIpc) is 3.41. The maximum atomic E-state index is 12.3. The Morgan fingerprint density at radius 1 is 0.293 bits per heavy atom. The van der Waals surface area contributed by atoms with E-state index in [1.165, 1.54) is 347 Å². The maximum Gasteiger partial charge on any atom is 0.306 e. The zero-order valence-electron chi connectivity index (χ0n) is 51.4. The average molecular weight is 1060 g/mol. The third-order valence-corrected chi connectivity index (χ3v) is 16.3. The summed E-state index contributed by atoms with van der Waals surface area (Å²) in [5.74, 6) is -0.562. The number of hydrogen-bond donors (Lipinski definition) is 1. The van der Waals surface area contributed by atoms with Gasteiger partial charge in [0.1, 0.15) is 6.61 Å². The van der Waals surface area contributed by atoms with E-state index in [0.717, 1.165) is 32.1 Å². The Morgan fingerprint density at radius 2 is 0.493 bits per heavy atom. The van der Waals surface area contributed by atoms with Gasteiger partial charge in [0.25, 0.3) is 0 Å². The minimum atomic E-state index is -0.766. The van der Waals surface area contributed by atoms with Crippen LogP contribution in [0.25, 0.3) is 0 Å². The normalized spacial score (nSPS) is 12.1. The van der Waals surface area contributed by atoms with Gasteiger partial charge in [-0.1, -0.05) is 366 Å². The van der Waals surface area contributed by atoms with Crippen LogP contribution in [0.1, 0.15) is 406 Å². The molecule has 5 nitrogen and oxygen atoms in total. The molecule has 1 N–H and O–H groups in total. The predicted molar refractivity (Wildman–Crippen MR) is 330 cm³/mol. The first-order valence-electron chi connectivity index (χ1n) is 34.7. The summed E-state index contributed by atoms with van der Waals surface area (Å²) in [6.45, 7) is 4.21. The highest BCUT2D eigenvalue weighted by molar-refractivity contribution is 5.70. The van der Waals surface area contributed by atoms with Gasteiger partial charge in [0.2, 0.25) is 0 Å². The number of ether oxygens (including phenoxy) is 2. The van der Waals surface area contributed by atoms with Crippen LogP contribution >= 0.6 is 0 Å². The molecule has 0 saturated heterocycles. The van der Waals surface area contributed by atoms with Gasteiger partial charge < -0.3 is 14.6 Å². The van der Waals surface area contributed by atoms with Crippen LogP contribution in [0.2, 0.25) is 0 Å². The molecular formula is C70H136O5. The Labute approximate surface area is 471 Å². The zero-order chi connectivity index (χ0) is 54.1. The Hall–Kier alpha value is -1.36. The van der Waals surface area contributed by atoms with Crippen molar-refractivity contribution >= 4 is 11.9 Å². The number of esters is 2. The van der Waals surface area contributed by atoms with Crippen LogP contribution in [-0.4, -0.2) is 36.4 Å². The molecule has 0 spiro atoms. The van der Waals surface area contributed by atoms with Crippen molar-refractivity contribution < 1.29 is 24.2 Å². The third-order valence-electron chi connectivity index (χ3n) is 16.3. The minimum Gasteiger partial charge on any atom is -0.462 e. The summed E-state index contributed by atoms with van der Waals surface area (Å²) in [7, 11) is 0. The molecule has 1 atom stereocenters. The third kappa shape index (κ3) is 65.1. The molecule has 1 unspecified atom stereocenters. The molecule has 0 heterocycles. The number of carbonyl (C=O) groups is 2. The van der Waals surface area contributed by atoms with Crippen molar-refractivity contribution in [3.05, 3.63) is 12.2 Å². The molecule has 0 aromatic heterocycles. The van der Waals surface area contributed by atoms with Crippen molar-refractivity contribution in [3.8, 4) is 0 Å². The highest BCUT2D eigenvalue weighted by atomic mass is 16.6. The van der Waals surface area contributed by atoms with E-state index < -0.39 is 6.10 Å². The van der Waals surface area contributed by atoms with Gasteiger partial charge in [-0.05, 0) is 38.5 Å². The van der Waals surface area contributed by atoms with Crippen molar-refractivity contribution in [2.45, 2.75) is 412 Å². The van der Waals surface area contributed by atoms with E-state index >= 15 is 0 Å². The Morgan fingerprint density at radius 3 is 0.720 bits per heavy atom. The lowest BCUT2D eigenvalue weighted by molar-refractivity contribution is -0.161. The SMILES string of the molecule is CCCCCCCCCC/C=C\CCCCCCCCCCCCCCCCCCCCCCCCCCCCCCCC(=O)OC(CO)COC(=O)CCCCCCCCCCCCCCCCCCCCCC. The topological polar surface area (TPSA) is 72.8 Å². The standard InChI is InChI=1S/C70H136O5/c1-3-5-7-9-11-13-15-17-19-21-23-25-26-27-28-29-30-31-32-33-34-35-36-37-38-39-40-41-42-43-44-45-47-49-51-53-55-57-59-61-63-65-70(73)75-68(66-71)67-74-69(72)64-62-60-58-56-54-52-50-48-46-24-22-20-18-16-14-12-10-8-6-4-2/h21,23,68,71H,3-20,22,24-67H2,1-2H3/b23-21-. The largest absolute Gasteiger partial charge is 0.462 e. The molecule has 0 aromatic rings. The number of aliphatic hydroxyl groups is 1. The number of allylic oxidation sites excluding steroid dienone is 2. The van der Waals surface area contributed by atoms with E-state index in [1.807, 2.05) is 0 Å². The number of aliphatic hydroxyl groups excluding tert-OH is 1. The quantitative estimate of drug-likeness (QED) is 0.0373. The number of hydrogen-bond acceptors (Lipinski definition) is 5. The highest BCUT2D eigenvalue weighted by Gasteiger charge is 2.16. The van der Waals surface area contributed by atoms with Crippen molar-refractivity contribution in [1.29, 1.82) is 0 Å². The molecule has 0 bridgehead atoms. The molecule has 0 radical (unpaired) electrons. The van der Waals surface area contributed by atoms with Crippen molar-refractivity contribution in [3.63, 3.8) is 0 Å². The Bertz CT molecular complexity index is 1100. The van der Waals surface area contributed by atoms with Gasteiger partial charge in [-0.3, -0.25) is 9.59 Å². The molecule has 0 amide bonds. The molecule has 75 heavy (non-hydrogen) atoms. The van der Waals surface area contributed by atoms with Gasteiger partial charge in [-0.15, -0.1) is 0 Å². The van der Waals surface area contributed by atoms with Crippen LogP contribution in [-0.2, 0) is 19.1 Å². The fourth-order valence-electron chi connectivity index (χ4n) is 11.1. The number of carbonyl (C=O) groups excluding carboxylic acids is 2. The lowest BCUT2D eigenvalue weighted by atomic mass is 10.0. The van der Waals surface area contributed by atoms with Crippen LogP contribution in [0.15, 0.2) is 12.2 Å². The van der Waals surface area contributed by atoms with Crippen molar-refractivity contribution in [2.75, 3.05) is 13.2 Å². The first kappa shape index (κ1) is 73.6. The van der Waals surface area contributed by atoms with E-state index in [-0.39, 0.29) is 25.2 Å². The molecule has 0 aliphatic heterocycles. The first-order chi connectivity index (χ1) is 37.1. The molecule has 0 rings (SSSR count). The van der Waals surface area contributed by atoms with Gasteiger partial charge >= 0.3 is 11.9 Å². The van der Waals surface area contributed by atoms with Crippen LogP contribution in [0, 0.1) is 0 Å². The molecule has 0 aliphatic carbocycles.